The van der Waals surface area contributed by atoms with Crippen LogP contribution < -0.4 is 15.5 Å². The van der Waals surface area contributed by atoms with Crippen molar-refractivity contribution < 1.29 is 9.72 Å². The van der Waals surface area contributed by atoms with E-state index in [1.807, 2.05) is 24.3 Å². The lowest BCUT2D eigenvalue weighted by Gasteiger charge is -2.21. The summed E-state index contributed by atoms with van der Waals surface area (Å²) in [6.07, 6.45) is 0. The van der Waals surface area contributed by atoms with Crippen LogP contribution in [0, 0.1) is 10.1 Å². The van der Waals surface area contributed by atoms with Gasteiger partial charge in [-0.15, -0.1) is 0 Å². The summed E-state index contributed by atoms with van der Waals surface area (Å²) in [5.74, 6) is -0.270. The number of hydrogen-bond donors (Lipinski definition) is 2. The van der Waals surface area contributed by atoms with Crippen LogP contribution in [-0.2, 0) is 4.79 Å². The Morgan fingerprint density at radius 2 is 1.72 bits per heavy atom. The summed E-state index contributed by atoms with van der Waals surface area (Å²) in [6.45, 7) is 5.97. The van der Waals surface area contributed by atoms with Crippen molar-refractivity contribution in [2.75, 3.05) is 35.2 Å². The molecule has 0 bridgehead atoms. The molecule has 7 nitrogen and oxygen atoms in total. The topological polar surface area (TPSA) is 87.5 Å². The molecule has 0 saturated carbocycles. The molecule has 0 atom stereocenters. The van der Waals surface area contributed by atoms with E-state index in [1.54, 1.807) is 18.2 Å². The molecule has 0 spiro atoms. The van der Waals surface area contributed by atoms with Crippen molar-refractivity contribution in [1.82, 2.24) is 0 Å². The smallest absolute Gasteiger partial charge is 0.292 e. The molecular formula is C18H22N4O3. The van der Waals surface area contributed by atoms with E-state index in [0.717, 1.165) is 18.8 Å². The Bertz CT molecular complexity index is 727. The Labute approximate surface area is 146 Å². The number of nitro benzene ring substituents is 1. The van der Waals surface area contributed by atoms with Gasteiger partial charge in [-0.1, -0.05) is 12.1 Å². The van der Waals surface area contributed by atoms with Crippen LogP contribution in [0.4, 0.5) is 22.7 Å². The highest BCUT2D eigenvalue weighted by molar-refractivity contribution is 5.94. The van der Waals surface area contributed by atoms with Crippen LogP contribution in [-0.4, -0.2) is 30.5 Å². The summed E-state index contributed by atoms with van der Waals surface area (Å²) in [6, 6.07) is 13.8. The van der Waals surface area contributed by atoms with Crippen molar-refractivity contribution >= 4 is 28.7 Å². The predicted molar refractivity (Wildman–Crippen MR) is 100 cm³/mol. The summed E-state index contributed by atoms with van der Waals surface area (Å²) in [7, 11) is 0. The number of amides is 1. The largest absolute Gasteiger partial charge is 0.372 e. The van der Waals surface area contributed by atoms with Crippen LogP contribution in [0.1, 0.15) is 13.8 Å². The molecule has 7 heteroatoms. The van der Waals surface area contributed by atoms with E-state index in [-0.39, 0.29) is 18.1 Å². The maximum Gasteiger partial charge on any atom is 0.292 e. The first kappa shape index (κ1) is 18.3. The van der Waals surface area contributed by atoms with Crippen LogP contribution in [0.3, 0.4) is 0 Å². The molecule has 2 aromatic rings. The third kappa shape index (κ3) is 4.94. The fourth-order valence-corrected chi connectivity index (χ4v) is 2.51. The number of nitrogens with zero attached hydrogens (tertiary/aromatic N) is 2. The van der Waals surface area contributed by atoms with E-state index in [4.69, 9.17) is 0 Å². The molecule has 0 aliphatic heterocycles. The first-order chi connectivity index (χ1) is 12.0. The Kier molecular flexibility index (Phi) is 6.33. The number of nitrogens with one attached hydrogen (secondary N) is 2. The van der Waals surface area contributed by atoms with Gasteiger partial charge in [0.15, 0.2) is 0 Å². The van der Waals surface area contributed by atoms with Crippen LogP contribution in [0.5, 0.6) is 0 Å². The molecule has 0 radical (unpaired) electrons. The maximum absolute atomic E-state index is 12.0. The molecule has 0 aromatic heterocycles. The fourth-order valence-electron chi connectivity index (χ4n) is 2.51. The molecule has 0 heterocycles. The first-order valence-corrected chi connectivity index (χ1v) is 8.17. The Morgan fingerprint density at radius 1 is 1.08 bits per heavy atom. The summed E-state index contributed by atoms with van der Waals surface area (Å²) >= 11 is 0. The molecule has 0 aliphatic carbocycles. The molecule has 1 amide bonds. The van der Waals surface area contributed by atoms with Crippen molar-refractivity contribution in [3.8, 4) is 0 Å². The van der Waals surface area contributed by atoms with Gasteiger partial charge in [0.1, 0.15) is 5.69 Å². The minimum atomic E-state index is -0.480. The van der Waals surface area contributed by atoms with Crippen molar-refractivity contribution in [3.05, 3.63) is 58.6 Å². The minimum absolute atomic E-state index is 0.0529. The molecule has 0 aliphatic rings. The molecule has 0 unspecified atom stereocenters. The van der Waals surface area contributed by atoms with Gasteiger partial charge in [0.25, 0.3) is 5.69 Å². The SMILES string of the molecule is CCN(CC)c1ccc(NC(=O)CNc2ccccc2[N+](=O)[O-])cc1. The lowest BCUT2D eigenvalue weighted by atomic mass is 10.2. The second-order valence-electron chi connectivity index (χ2n) is 5.40. The number of anilines is 3. The van der Waals surface area contributed by atoms with Gasteiger partial charge in [-0.3, -0.25) is 14.9 Å². The highest BCUT2D eigenvalue weighted by Crippen LogP contribution is 2.23. The van der Waals surface area contributed by atoms with Crippen LogP contribution in [0.25, 0.3) is 0 Å². The Balaban J connectivity index is 1.94. The summed E-state index contributed by atoms with van der Waals surface area (Å²) in [5, 5.41) is 16.5. The second kappa shape index (κ2) is 8.68. The first-order valence-electron chi connectivity index (χ1n) is 8.17. The molecule has 25 heavy (non-hydrogen) atoms. The van der Waals surface area contributed by atoms with Gasteiger partial charge in [-0.25, -0.2) is 0 Å². The number of nitro groups is 1. The highest BCUT2D eigenvalue weighted by Gasteiger charge is 2.13. The average molecular weight is 342 g/mol. The lowest BCUT2D eigenvalue weighted by Crippen LogP contribution is -2.23. The highest BCUT2D eigenvalue weighted by atomic mass is 16.6. The van der Waals surface area contributed by atoms with Crippen LogP contribution in [0.2, 0.25) is 0 Å². The third-order valence-electron chi connectivity index (χ3n) is 3.82. The van der Waals surface area contributed by atoms with Gasteiger partial charge in [0, 0.05) is 30.5 Å². The van der Waals surface area contributed by atoms with E-state index in [1.165, 1.54) is 6.07 Å². The third-order valence-corrected chi connectivity index (χ3v) is 3.82. The van der Waals surface area contributed by atoms with E-state index in [9.17, 15) is 14.9 Å². The second-order valence-corrected chi connectivity index (χ2v) is 5.40. The normalized spacial score (nSPS) is 10.2. The summed E-state index contributed by atoms with van der Waals surface area (Å²) in [4.78, 5) is 24.7. The van der Waals surface area contributed by atoms with Gasteiger partial charge in [0.05, 0.1) is 11.5 Å². The fraction of sp³-hybridized carbons (Fsp3) is 0.278. The van der Waals surface area contributed by atoms with Crippen molar-refractivity contribution in [2.45, 2.75) is 13.8 Å². The number of para-hydroxylation sites is 2. The molecule has 132 valence electrons. The minimum Gasteiger partial charge on any atom is -0.372 e. The van der Waals surface area contributed by atoms with Gasteiger partial charge >= 0.3 is 0 Å². The van der Waals surface area contributed by atoms with Gasteiger partial charge < -0.3 is 15.5 Å². The number of rotatable bonds is 8. The summed E-state index contributed by atoms with van der Waals surface area (Å²) < 4.78 is 0. The van der Waals surface area contributed by atoms with Gasteiger partial charge in [-0.2, -0.15) is 0 Å². The number of benzene rings is 2. The van der Waals surface area contributed by atoms with E-state index in [2.05, 4.69) is 29.4 Å². The van der Waals surface area contributed by atoms with E-state index in [0.29, 0.717) is 11.4 Å². The summed E-state index contributed by atoms with van der Waals surface area (Å²) in [5.41, 5.74) is 2.05. The quantitative estimate of drug-likeness (QED) is 0.566. The maximum atomic E-state index is 12.0. The van der Waals surface area contributed by atoms with Crippen molar-refractivity contribution in [3.63, 3.8) is 0 Å². The molecule has 0 fully saturated rings. The van der Waals surface area contributed by atoms with Crippen molar-refractivity contribution in [2.24, 2.45) is 0 Å². The van der Waals surface area contributed by atoms with Gasteiger partial charge in [-0.05, 0) is 44.2 Å². The monoisotopic (exact) mass is 342 g/mol. The Hall–Kier alpha value is -3.09. The standard InChI is InChI=1S/C18H22N4O3/c1-3-21(4-2)15-11-9-14(10-12-15)20-18(23)13-19-16-7-5-6-8-17(16)22(24)25/h5-12,19H,3-4,13H2,1-2H3,(H,20,23). The predicted octanol–water partition coefficient (Wildman–Crippen LogP) is 3.49. The zero-order valence-corrected chi connectivity index (χ0v) is 14.4. The Morgan fingerprint density at radius 3 is 2.32 bits per heavy atom. The molecule has 2 aromatic carbocycles. The number of carbonyl (C=O) groups is 1. The average Bonchev–Trinajstić information content (AvgIpc) is 2.62. The van der Waals surface area contributed by atoms with Gasteiger partial charge in [0.2, 0.25) is 5.91 Å². The van der Waals surface area contributed by atoms with E-state index >= 15 is 0 Å². The zero-order valence-electron chi connectivity index (χ0n) is 14.4. The lowest BCUT2D eigenvalue weighted by molar-refractivity contribution is -0.383. The number of hydrogen-bond acceptors (Lipinski definition) is 5. The zero-order chi connectivity index (χ0) is 18.2. The molecular weight excluding hydrogens is 320 g/mol. The van der Waals surface area contributed by atoms with Crippen LogP contribution >= 0.6 is 0 Å². The number of carbonyl (C=O) groups excluding carboxylic acids is 1. The molecule has 2 N–H and O–H groups in total. The van der Waals surface area contributed by atoms with E-state index < -0.39 is 4.92 Å². The molecule has 0 saturated heterocycles. The van der Waals surface area contributed by atoms with Crippen LogP contribution in [0.15, 0.2) is 48.5 Å². The molecule has 2 rings (SSSR count). The van der Waals surface area contributed by atoms with Crippen molar-refractivity contribution in [1.29, 1.82) is 0 Å².